The maximum Gasteiger partial charge on any atom is 0.233 e. The van der Waals surface area contributed by atoms with E-state index in [0.29, 0.717) is 12.5 Å². The third-order valence-electron chi connectivity index (χ3n) is 2.39. The predicted molar refractivity (Wildman–Crippen MR) is 66.2 cm³/mol. The molecule has 1 unspecified atom stereocenters. The summed E-state index contributed by atoms with van der Waals surface area (Å²) in [6.07, 6.45) is 1.25. The molecule has 0 aromatic heterocycles. The molecule has 0 radical (unpaired) electrons. The van der Waals surface area contributed by atoms with Crippen LogP contribution in [0.1, 0.15) is 27.2 Å². The third kappa shape index (κ3) is 6.05. The average molecular weight is 230 g/mol. The molecule has 4 heteroatoms. The summed E-state index contributed by atoms with van der Waals surface area (Å²) in [5.74, 6) is 3.25. The zero-order valence-electron chi connectivity index (χ0n) is 9.93. The first-order valence-corrected chi connectivity index (χ1v) is 6.72. The fraction of sp³-hybridized carbons (Fsp3) is 0.909. The van der Waals surface area contributed by atoms with Crippen molar-refractivity contribution in [2.75, 3.05) is 24.6 Å². The van der Waals surface area contributed by atoms with Gasteiger partial charge in [0.1, 0.15) is 0 Å². The number of thioether (sulfide) groups is 1. The fourth-order valence-electron chi connectivity index (χ4n) is 1.41. The molecular weight excluding hydrogens is 208 g/mol. The number of nitrogens with one attached hydrogen (secondary N) is 2. The lowest BCUT2D eigenvalue weighted by Gasteiger charge is -2.20. The molecule has 0 spiro atoms. The second kappa shape index (κ2) is 5.75. The number of hydrogen-bond acceptors (Lipinski definition) is 3. The Kier molecular flexibility index (Phi) is 4.93. The summed E-state index contributed by atoms with van der Waals surface area (Å²) in [6.45, 7) is 7.46. The summed E-state index contributed by atoms with van der Waals surface area (Å²) in [5.41, 5.74) is 0.0144. The van der Waals surface area contributed by atoms with Crippen LogP contribution in [0.15, 0.2) is 0 Å². The molecule has 1 rings (SSSR count). The van der Waals surface area contributed by atoms with Crippen LogP contribution in [-0.2, 0) is 4.79 Å². The Labute approximate surface area is 96.8 Å². The smallest absolute Gasteiger partial charge is 0.233 e. The van der Waals surface area contributed by atoms with Crippen LogP contribution in [0, 0.1) is 5.92 Å². The standard InChI is InChI=1S/C11H22N2OS/c1-11(2,3)13-7-10(14)12-6-9-4-5-15-8-9/h9,13H,4-8H2,1-3H3,(H,12,14). The summed E-state index contributed by atoms with van der Waals surface area (Å²) < 4.78 is 0. The fourth-order valence-corrected chi connectivity index (χ4v) is 2.69. The van der Waals surface area contributed by atoms with Gasteiger partial charge in [0, 0.05) is 12.1 Å². The summed E-state index contributed by atoms with van der Waals surface area (Å²) >= 11 is 1.98. The molecule has 1 aliphatic heterocycles. The summed E-state index contributed by atoms with van der Waals surface area (Å²) in [6, 6.07) is 0. The highest BCUT2D eigenvalue weighted by atomic mass is 32.2. The van der Waals surface area contributed by atoms with Crippen molar-refractivity contribution >= 4 is 17.7 Å². The van der Waals surface area contributed by atoms with E-state index in [2.05, 4.69) is 31.4 Å². The first kappa shape index (κ1) is 12.8. The van der Waals surface area contributed by atoms with Crippen LogP contribution in [0.3, 0.4) is 0 Å². The molecule has 1 fully saturated rings. The van der Waals surface area contributed by atoms with E-state index in [-0.39, 0.29) is 11.4 Å². The third-order valence-corrected chi connectivity index (χ3v) is 3.62. The van der Waals surface area contributed by atoms with E-state index in [0.717, 1.165) is 6.54 Å². The normalized spacial score (nSPS) is 21.7. The molecule has 0 saturated carbocycles. The van der Waals surface area contributed by atoms with Gasteiger partial charge in [0.2, 0.25) is 5.91 Å². The van der Waals surface area contributed by atoms with Gasteiger partial charge in [-0.1, -0.05) is 0 Å². The maximum absolute atomic E-state index is 11.5. The van der Waals surface area contributed by atoms with Crippen molar-refractivity contribution in [3.63, 3.8) is 0 Å². The Morgan fingerprint density at radius 3 is 2.73 bits per heavy atom. The lowest BCUT2D eigenvalue weighted by molar-refractivity contribution is -0.120. The van der Waals surface area contributed by atoms with Crippen LogP contribution in [0.5, 0.6) is 0 Å². The number of rotatable bonds is 4. The summed E-state index contributed by atoms with van der Waals surface area (Å²) in [4.78, 5) is 11.5. The topological polar surface area (TPSA) is 41.1 Å². The Hall–Kier alpha value is -0.220. The number of amides is 1. The first-order chi connectivity index (χ1) is 6.97. The van der Waals surface area contributed by atoms with E-state index in [9.17, 15) is 4.79 Å². The summed E-state index contributed by atoms with van der Waals surface area (Å²) in [7, 11) is 0. The van der Waals surface area contributed by atoms with Crippen molar-refractivity contribution in [2.45, 2.75) is 32.7 Å². The Morgan fingerprint density at radius 1 is 1.47 bits per heavy atom. The molecule has 88 valence electrons. The molecule has 15 heavy (non-hydrogen) atoms. The molecule has 1 heterocycles. The van der Waals surface area contributed by atoms with E-state index < -0.39 is 0 Å². The lowest BCUT2D eigenvalue weighted by atomic mass is 10.1. The highest BCUT2D eigenvalue weighted by molar-refractivity contribution is 7.99. The molecular formula is C11H22N2OS. The molecule has 3 nitrogen and oxygen atoms in total. The largest absolute Gasteiger partial charge is 0.355 e. The van der Waals surface area contributed by atoms with Crippen LogP contribution >= 0.6 is 11.8 Å². The Bertz CT molecular complexity index is 207. The molecule has 1 aliphatic rings. The number of hydrogen-bond donors (Lipinski definition) is 2. The van der Waals surface area contributed by atoms with Gasteiger partial charge in [-0.2, -0.15) is 11.8 Å². The van der Waals surface area contributed by atoms with E-state index in [1.165, 1.54) is 17.9 Å². The highest BCUT2D eigenvalue weighted by Crippen LogP contribution is 2.22. The Morgan fingerprint density at radius 2 is 2.20 bits per heavy atom. The Balaban J connectivity index is 2.08. The first-order valence-electron chi connectivity index (χ1n) is 5.57. The molecule has 1 saturated heterocycles. The number of carbonyl (C=O) groups excluding carboxylic acids is 1. The van der Waals surface area contributed by atoms with E-state index >= 15 is 0 Å². The van der Waals surface area contributed by atoms with Crippen LogP contribution in [-0.4, -0.2) is 36.0 Å². The zero-order valence-corrected chi connectivity index (χ0v) is 10.7. The zero-order chi connectivity index (χ0) is 11.3. The van der Waals surface area contributed by atoms with Gasteiger partial charge in [0.15, 0.2) is 0 Å². The van der Waals surface area contributed by atoms with Crippen LogP contribution in [0.4, 0.5) is 0 Å². The SMILES string of the molecule is CC(C)(C)NCC(=O)NCC1CCSC1. The quantitative estimate of drug-likeness (QED) is 0.763. The average Bonchev–Trinajstić information content (AvgIpc) is 2.62. The molecule has 2 N–H and O–H groups in total. The van der Waals surface area contributed by atoms with Gasteiger partial charge in [-0.3, -0.25) is 4.79 Å². The van der Waals surface area contributed by atoms with Crippen LogP contribution < -0.4 is 10.6 Å². The molecule has 0 bridgehead atoms. The molecule has 1 atom stereocenters. The minimum Gasteiger partial charge on any atom is -0.355 e. The van der Waals surface area contributed by atoms with Crippen molar-refractivity contribution in [2.24, 2.45) is 5.92 Å². The van der Waals surface area contributed by atoms with Crippen molar-refractivity contribution in [1.82, 2.24) is 10.6 Å². The van der Waals surface area contributed by atoms with Crippen molar-refractivity contribution in [3.05, 3.63) is 0 Å². The van der Waals surface area contributed by atoms with Crippen molar-refractivity contribution in [1.29, 1.82) is 0 Å². The lowest BCUT2D eigenvalue weighted by Crippen LogP contribution is -2.44. The molecule has 0 aliphatic carbocycles. The van der Waals surface area contributed by atoms with Gasteiger partial charge in [-0.25, -0.2) is 0 Å². The van der Waals surface area contributed by atoms with E-state index in [1.54, 1.807) is 0 Å². The van der Waals surface area contributed by atoms with Gasteiger partial charge >= 0.3 is 0 Å². The molecule has 1 amide bonds. The van der Waals surface area contributed by atoms with Gasteiger partial charge in [0.05, 0.1) is 6.54 Å². The highest BCUT2D eigenvalue weighted by Gasteiger charge is 2.16. The van der Waals surface area contributed by atoms with Crippen molar-refractivity contribution < 1.29 is 4.79 Å². The minimum atomic E-state index is 0.0144. The van der Waals surface area contributed by atoms with Crippen molar-refractivity contribution in [3.8, 4) is 0 Å². The maximum atomic E-state index is 11.5. The van der Waals surface area contributed by atoms with E-state index in [4.69, 9.17) is 0 Å². The van der Waals surface area contributed by atoms with Crippen LogP contribution in [0.2, 0.25) is 0 Å². The van der Waals surface area contributed by atoms with Gasteiger partial charge < -0.3 is 10.6 Å². The second-order valence-corrected chi connectivity index (χ2v) is 6.29. The van der Waals surface area contributed by atoms with E-state index in [1.807, 2.05) is 11.8 Å². The molecule has 0 aromatic rings. The minimum absolute atomic E-state index is 0.0144. The monoisotopic (exact) mass is 230 g/mol. The second-order valence-electron chi connectivity index (χ2n) is 5.14. The molecule has 0 aromatic carbocycles. The van der Waals surface area contributed by atoms with Crippen LogP contribution in [0.25, 0.3) is 0 Å². The van der Waals surface area contributed by atoms with Gasteiger partial charge in [-0.05, 0) is 44.6 Å². The summed E-state index contributed by atoms with van der Waals surface area (Å²) in [5, 5.41) is 6.16. The predicted octanol–water partition coefficient (Wildman–Crippen LogP) is 1.24. The van der Waals surface area contributed by atoms with Gasteiger partial charge in [-0.15, -0.1) is 0 Å². The van der Waals surface area contributed by atoms with Gasteiger partial charge in [0.25, 0.3) is 0 Å². The number of carbonyl (C=O) groups is 1.